The quantitative estimate of drug-likeness (QED) is 0.629. The van der Waals surface area contributed by atoms with E-state index < -0.39 is 0 Å². The summed E-state index contributed by atoms with van der Waals surface area (Å²) in [5, 5.41) is 3.90. The Morgan fingerprint density at radius 3 is 2.88 bits per heavy atom. The summed E-state index contributed by atoms with van der Waals surface area (Å²) in [6.45, 7) is 2.42. The molecule has 0 spiro atoms. The number of aryl methyl sites for hydroxylation is 1. The number of amidine groups is 1. The van der Waals surface area contributed by atoms with E-state index in [2.05, 4.69) is 10.1 Å². The van der Waals surface area contributed by atoms with Gasteiger partial charge in [0.15, 0.2) is 0 Å². The van der Waals surface area contributed by atoms with Crippen LogP contribution in [0.3, 0.4) is 0 Å². The second kappa shape index (κ2) is 5.14. The fourth-order valence-electron chi connectivity index (χ4n) is 2.19. The van der Waals surface area contributed by atoms with E-state index in [9.17, 15) is 0 Å². The molecule has 16 heavy (non-hydrogen) atoms. The molecule has 4 heteroatoms. The van der Waals surface area contributed by atoms with E-state index in [1.807, 2.05) is 13.0 Å². The maximum atomic E-state index is 5.99. The molecule has 1 heterocycles. The molecular formula is C12H19N3O. The summed E-state index contributed by atoms with van der Waals surface area (Å²) in [4.78, 5) is 4.40. The average molecular weight is 221 g/mol. The molecule has 0 aromatic carbocycles. The lowest BCUT2D eigenvalue weighted by Crippen LogP contribution is -2.25. The Morgan fingerprint density at radius 2 is 2.25 bits per heavy atom. The van der Waals surface area contributed by atoms with Crippen LogP contribution >= 0.6 is 0 Å². The molecule has 0 atom stereocenters. The highest BCUT2D eigenvalue weighted by molar-refractivity contribution is 5.82. The van der Waals surface area contributed by atoms with E-state index in [1.54, 1.807) is 0 Å². The summed E-state index contributed by atoms with van der Waals surface area (Å²) in [5.74, 6) is 2.10. The highest BCUT2D eigenvalue weighted by atomic mass is 16.5. The van der Waals surface area contributed by atoms with Crippen LogP contribution in [0.1, 0.15) is 43.6 Å². The first-order chi connectivity index (χ1) is 7.75. The van der Waals surface area contributed by atoms with Gasteiger partial charge in [0, 0.05) is 12.0 Å². The molecule has 1 aromatic heterocycles. The molecule has 4 nitrogen and oxygen atoms in total. The van der Waals surface area contributed by atoms with Gasteiger partial charge in [-0.3, -0.25) is 4.99 Å². The molecule has 0 unspecified atom stereocenters. The van der Waals surface area contributed by atoms with Gasteiger partial charge in [-0.25, -0.2) is 0 Å². The summed E-state index contributed by atoms with van der Waals surface area (Å²) in [7, 11) is 0. The molecule has 1 aliphatic carbocycles. The van der Waals surface area contributed by atoms with Crippen molar-refractivity contribution >= 4 is 5.84 Å². The first-order valence-electron chi connectivity index (χ1n) is 5.97. The van der Waals surface area contributed by atoms with Gasteiger partial charge in [0.1, 0.15) is 11.5 Å². The number of rotatable bonds is 3. The fraction of sp³-hybridized carbons (Fsp3) is 0.667. The number of aliphatic imine (C=N–C) groups is 1. The molecule has 0 amide bonds. The van der Waals surface area contributed by atoms with Crippen LogP contribution in [0.2, 0.25) is 0 Å². The van der Waals surface area contributed by atoms with Gasteiger partial charge in [0.25, 0.3) is 0 Å². The van der Waals surface area contributed by atoms with E-state index in [0.717, 1.165) is 17.3 Å². The Hall–Kier alpha value is -1.32. The fourth-order valence-corrected chi connectivity index (χ4v) is 2.19. The Kier molecular flexibility index (Phi) is 3.59. The van der Waals surface area contributed by atoms with Gasteiger partial charge in [-0.05, 0) is 19.8 Å². The van der Waals surface area contributed by atoms with Crippen molar-refractivity contribution in [2.24, 2.45) is 16.6 Å². The summed E-state index contributed by atoms with van der Waals surface area (Å²) < 4.78 is 4.98. The van der Waals surface area contributed by atoms with Gasteiger partial charge >= 0.3 is 0 Å². The molecule has 1 saturated carbocycles. The van der Waals surface area contributed by atoms with Crippen LogP contribution in [0.25, 0.3) is 0 Å². The SMILES string of the molecule is Cc1cc(CN=C(N)C2CCCCC2)no1. The van der Waals surface area contributed by atoms with Crippen molar-refractivity contribution < 1.29 is 4.52 Å². The first kappa shape index (κ1) is 11.2. The van der Waals surface area contributed by atoms with Crippen molar-refractivity contribution in [2.75, 3.05) is 0 Å². The minimum atomic E-state index is 0.488. The van der Waals surface area contributed by atoms with Crippen LogP contribution in [0.15, 0.2) is 15.6 Å². The van der Waals surface area contributed by atoms with Crippen LogP contribution in [0.5, 0.6) is 0 Å². The third-order valence-corrected chi connectivity index (χ3v) is 3.12. The van der Waals surface area contributed by atoms with Crippen molar-refractivity contribution in [1.29, 1.82) is 0 Å². The maximum absolute atomic E-state index is 5.99. The predicted octanol–water partition coefficient (Wildman–Crippen LogP) is 2.42. The highest BCUT2D eigenvalue weighted by Crippen LogP contribution is 2.23. The van der Waals surface area contributed by atoms with Crippen molar-refractivity contribution in [3.63, 3.8) is 0 Å². The molecule has 0 saturated heterocycles. The predicted molar refractivity (Wildman–Crippen MR) is 63.1 cm³/mol. The second-order valence-electron chi connectivity index (χ2n) is 4.50. The smallest absolute Gasteiger partial charge is 0.133 e. The van der Waals surface area contributed by atoms with Crippen LogP contribution in [0.4, 0.5) is 0 Å². The standard InChI is InChI=1S/C12H19N3O/c1-9-7-11(15-16-9)8-14-12(13)10-5-3-2-4-6-10/h7,10H,2-6,8H2,1H3,(H2,13,14). The molecule has 0 bridgehead atoms. The summed E-state index contributed by atoms with van der Waals surface area (Å²) >= 11 is 0. The van der Waals surface area contributed by atoms with Crippen molar-refractivity contribution in [3.8, 4) is 0 Å². The molecule has 1 fully saturated rings. The lowest BCUT2D eigenvalue weighted by Gasteiger charge is -2.20. The molecule has 1 aliphatic rings. The Bertz CT molecular complexity index is 364. The summed E-state index contributed by atoms with van der Waals surface area (Å²) in [5.41, 5.74) is 6.85. The molecule has 2 N–H and O–H groups in total. The maximum Gasteiger partial charge on any atom is 0.133 e. The van der Waals surface area contributed by atoms with Crippen LogP contribution in [0, 0.1) is 12.8 Å². The molecule has 2 rings (SSSR count). The van der Waals surface area contributed by atoms with Crippen molar-refractivity contribution in [2.45, 2.75) is 45.6 Å². The Balaban J connectivity index is 1.90. The van der Waals surface area contributed by atoms with E-state index in [1.165, 1.54) is 32.1 Å². The zero-order valence-corrected chi connectivity index (χ0v) is 9.78. The number of nitrogens with two attached hydrogens (primary N) is 1. The largest absolute Gasteiger partial charge is 0.387 e. The number of hydrogen-bond donors (Lipinski definition) is 1. The molecule has 88 valence electrons. The van der Waals surface area contributed by atoms with Crippen LogP contribution in [-0.2, 0) is 6.54 Å². The average Bonchev–Trinajstić information content (AvgIpc) is 2.73. The topological polar surface area (TPSA) is 64.4 Å². The zero-order valence-electron chi connectivity index (χ0n) is 9.78. The number of nitrogens with zero attached hydrogens (tertiary/aromatic N) is 2. The lowest BCUT2D eigenvalue weighted by atomic mass is 9.88. The lowest BCUT2D eigenvalue weighted by molar-refractivity contribution is 0.390. The Morgan fingerprint density at radius 1 is 1.50 bits per heavy atom. The molecule has 0 radical (unpaired) electrons. The van der Waals surface area contributed by atoms with E-state index >= 15 is 0 Å². The van der Waals surface area contributed by atoms with Crippen molar-refractivity contribution in [1.82, 2.24) is 5.16 Å². The molecule has 1 aromatic rings. The third kappa shape index (κ3) is 2.84. The zero-order chi connectivity index (χ0) is 11.4. The van der Waals surface area contributed by atoms with Crippen LogP contribution in [-0.4, -0.2) is 11.0 Å². The van der Waals surface area contributed by atoms with Crippen molar-refractivity contribution in [3.05, 3.63) is 17.5 Å². The van der Waals surface area contributed by atoms with E-state index in [0.29, 0.717) is 12.5 Å². The second-order valence-corrected chi connectivity index (χ2v) is 4.50. The van der Waals surface area contributed by atoms with Crippen LogP contribution < -0.4 is 5.73 Å². The van der Waals surface area contributed by atoms with Gasteiger partial charge in [-0.15, -0.1) is 0 Å². The first-order valence-corrected chi connectivity index (χ1v) is 5.97. The normalized spacial score (nSPS) is 18.9. The molecule has 0 aliphatic heterocycles. The van der Waals surface area contributed by atoms with Gasteiger partial charge < -0.3 is 10.3 Å². The monoisotopic (exact) mass is 221 g/mol. The third-order valence-electron chi connectivity index (χ3n) is 3.12. The summed E-state index contributed by atoms with van der Waals surface area (Å²) in [6.07, 6.45) is 6.28. The van der Waals surface area contributed by atoms with Gasteiger partial charge in [-0.2, -0.15) is 0 Å². The number of aromatic nitrogens is 1. The Labute approximate surface area is 95.9 Å². The minimum Gasteiger partial charge on any atom is -0.387 e. The van der Waals surface area contributed by atoms with E-state index in [-0.39, 0.29) is 0 Å². The highest BCUT2D eigenvalue weighted by Gasteiger charge is 2.16. The summed E-state index contributed by atoms with van der Waals surface area (Å²) in [6, 6.07) is 1.90. The number of hydrogen-bond acceptors (Lipinski definition) is 3. The van der Waals surface area contributed by atoms with Gasteiger partial charge in [-0.1, -0.05) is 24.4 Å². The van der Waals surface area contributed by atoms with Gasteiger partial charge in [0.2, 0.25) is 0 Å². The van der Waals surface area contributed by atoms with E-state index in [4.69, 9.17) is 10.3 Å². The molecular weight excluding hydrogens is 202 g/mol. The van der Waals surface area contributed by atoms with Gasteiger partial charge in [0.05, 0.1) is 12.4 Å². The minimum absolute atomic E-state index is 0.488.